The van der Waals surface area contributed by atoms with E-state index in [1.807, 2.05) is 20.8 Å². The highest BCUT2D eigenvalue weighted by molar-refractivity contribution is 8.10. The molecule has 0 unspecified atom stereocenters. The van der Waals surface area contributed by atoms with Crippen molar-refractivity contribution in [3.63, 3.8) is 0 Å². The maximum atomic E-state index is 12.5. The summed E-state index contributed by atoms with van der Waals surface area (Å²) >= 11 is 0. The molecule has 2 aliphatic rings. The van der Waals surface area contributed by atoms with Gasteiger partial charge in [-0.15, -0.1) is 0 Å². The highest BCUT2D eigenvalue weighted by Crippen LogP contribution is 2.69. The Morgan fingerprint density at radius 3 is 2.00 bits per heavy atom. The van der Waals surface area contributed by atoms with Gasteiger partial charge in [-0.1, -0.05) is 25.0 Å². The summed E-state index contributed by atoms with van der Waals surface area (Å²) in [5, 5.41) is 0. The highest BCUT2D eigenvalue weighted by atomic mass is 32.3. The van der Waals surface area contributed by atoms with Gasteiger partial charge in [-0.25, -0.2) is 16.8 Å². The first-order chi connectivity index (χ1) is 7.84. The van der Waals surface area contributed by atoms with Crippen LogP contribution in [0.4, 0.5) is 0 Å². The minimum absolute atomic E-state index is 0.134. The summed E-state index contributed by atoms with van der Waals surface area (Å²) in [5.41, 5.74) is 1.14. The predicted octanol–water partition coefficient (Wildman–Crippen LogP) is 1.54. The molecule has 0 spiro atoms. The summed E-state index contributed by atoms with van der Waals surface area (Å²) in [6.07, 6.45) is 1.02. The molecule has 1 aliphatic carbocycles. The van der Waals surface area contributed by atoms with E-state index in [0.29, 0.717) is 0 Å². The molecule has 0 amide bonds. The van der Waals surface area contributed by atoms with E-state index >= 15 is 0 Å². The molecule has 4 atom stereocenters. The Morgan fingerprint density at radius 1 is 1.17 bits per heavy atom. The van der Waals surface area contributed by atoms with E-state index in [2.05, 4.69) is 0 Å². The number of rotatable bonds is 1. The third kappa shape index (κ3) is 1.08. The van der Waals surface area contributed by atoms with E-state index in [1.54, 1.807) is 13.8 Å². The van der Waals surface area contributed by atoms with Gasteiger partial charge in [0.1, 0.15) is 0 Å². The zero-order chi connectivity index (χ0) is 14.3. The van der Waals surface area contributed by atoms with Gasteiger partial charge in [0.2, 0.25) is 0 Å². The smallest absolute Gasteiger partial charge is 0.175 e. The van der Waals surface area contributed by atoms with Gasteiger partial charge in [-0.3, -0.25) is 0 Å². The Balaban J connectivity index is 2.82. The van der Waals surface area contributed by atoms with Crippen molar-refractivity contribution in [2.75, 3.05) is 6.26 Å². The minimum atomic E-state index is -3.66. The molecule has 1 aliphatic heterocycles. The van der Waals surface area contributed by atoms with Crippen molar-refractivity contribution in [3.05, 3.63) is 11.1 Å². The van der Waals surface area contributed by atoms with Crippen LogP contribution in [-0.2, 0) is 19.7 Å². The van der Waals surface area contributed by atoms with Gasteiger partial charge >= 0.3 is 0 Å². The summed E-state index contributed by atoms with van der Waals surface area (Å²) in [6, 6.07) is 0. The van der Waals surface area contributed by atoms with Crippen molar-refractivity contribution in [1.82, 2.24) is 0 Å². The van der Waals surface area contributed by atoms with Crippen molar-refractivity contribution in [1.29, 1.82) is 0 Å². The number of hydrogen-bond donors (Lipinski definition) is 0. The summed E-state index contributed by atoms with van der Waals surface area (Å²) in [5.74, 6) is -0.134. The summed E-state index contributed by atoms with van der Waals surface area (Å²) in [7, 11) is -7.29. The third-order valence-electron chi connectivity index (χ3n) is 5.61. The van der Waals surface area contributed by atoms with Crippen LogP contribution in [0, 0.1) is 11.3 Å². The van der Waals surface area contributed by atoms with E-state index in [-0.39, 0.29) is 5.92 Å². The van der Waals surface area contributed by atoms with E-state index in [9.17, 15) is 16.8 Å². The molecule has 0 radical (unpaired) electrons. The summed E-state index contributed by atoms with van der Waals surface area (Å²) in [4.78, 5) is 0. The fourth-order valence-electron chi connectivity index (χ4n) is 4.06. The lowest BCUT2D eigenvalue weighted by molar-refractivity contribution is 0.228. The van der Waals surface area contributed by atoms with Crippen LogP contribution in [0.3, 0.4) is 0 Å². The standard InChI is InChI=1S/C12H20O4S2/c1-7-8(2)11(4)10(17(6,13)14)18(15,16)12(11,5)9(7)3/h9-10H,1-6H3/t9-,10-,11+,12+/m0/s1. The van der Waals surface area contributed by atoms with Crippen molar-refractivity contribution in [3.8, 4) is 0 Å². The van der Waals surface area contributed by atoms with Crippen molar-refractivity contribution in [2.45, 2.75) is 43.9 Å². The van der Waals surface area contributed by atoms with E-state index in [1.165, 1.54) is 0 Å². The Bertz CT molecular complexity index is 656. The number of fused-ring (bicyclic) bond motifs is 1. The predicted molar refractivity (Wildman–Crippen MR) is 71.6 cm³/mol. The molecule has 4 nitrogen and oxygen atoms in total. The maximum absolute atomic E-state index is 12.5. The Morgan fingerprint density at radius 2 is 1.61 bits per heavy atom. The SMILES string of the molecule is CC1=C(C)[C@]2(C)[C@@H](S(C)(=O)=O)S(=O)(=O)[C@]2(C)[C@H]1C. The Kier molecular flexibility index (Phi) is 2.50. The lowest BCUT2D eigenvalue weighted by atomic mass is 9.73. The fraction of sp³-hybridized carbons (Fsp3) is 0.833. The second kappa shape index (κ2) is 3.20. The number of sulfone groups is 2. The van der Waals surface area contributed by atoms with Gasteiger partial charge < -0.3 is 0 Å². The molecule has 0 aromatic rings. The quantitative estimate of drug-likeness (QED) is 0.687. The monoisotopic (exact) mass is 292 g/mol. The van der Waals surface area contributed by atoms with Crippen molar-refractivity contribution < 1.29 is 16.8 Å². The molecule has 6 heteroatoms. The summed E-state index contributed by atoms with van der Waals surface area (Å²) < 4.78 is 46.5. The van der Waals surface area contributed by atoms with Gasteiger partial charge in [-0.2, -0.15) is 0 Å². The maximum Gasteiger partial charge on any atom is 0.175 e. The van der Waals surface area contributed by atoms with Gasteiger partial charge in [0.25, 0.3) is 0 Å². The topological polar surface area (TPSA) is 68.3 Å². The summed E-state index contributed by atoms with van der Waals surface area (Å²) in [6.45, 7) is 9.12. The Labute approximate surface area is 109 Å². The average molecular weight is 292 g/mol. The molecule has 1 heterocycles. The molecule has 1 fully saturated rings. The molecule has 18 heavy (non-hydrogen) atoms. The van der Waals surface area contributed by atoms with Crippen LogP contribution in [0.5, 0.6) is 0 Å². The van der Waals surface area contributed by atoms with Crippen LogP contribution in [0.15, 0.2) is 11.1 Å². The molecule has 0 aromatic carbocycles. The van der Waals surface area contributed by atoms with Gasteiger partial charge in [-0.05, 0) is 26.7 Å². The lowest BCUT2D eigenvalue weighted by Gasteiger charge is -2.58. The minimum Gasteiger partial charge on any atom is -0.228 e. The number of hydrogen-bond acceptors (Lipinski definition) is 4. The zero-order valence-corrected chi connectivity index (χ0v) is 13.2. The van der Waals surface area contributed by atoms with Crippen molar-refractivity contribution >= 4 is 19.7 Å². The number of allylic oxidation sites excluding steroid dienone is 2. The van der Waals surface area contributed by atoms with E-state index < -0.39 is 34.4 Å². The second-order valence-corrected chi connectivity index (χ2v) is 10.9. The fourth-order valence-corrected chi connectivity index (χ4v) is 10.7. The zero-order valence-electron chi connectivity index (χ0n) is 11.6. The molecule has 0 N–H and O–H groups in total. The first-order valence-corrected chi connectivity index (χ1v) is 9.44. The van der Waals surface area contributed by atoms with Gasteiger partial charge in [0, 0.05) is 11.7 Å². The highest BCUT2D eigenvalue weighted by Gasteiger charge is 2.80. The van der Waals surface area contributed by atoms with Crippen LogP contribution in [0.2, 0.25) is 0 Å². The first kappa shape index (κ1) is 14.1. The largest absolute Gasteiger partial charge is 0.228 e. The molecular weight excluding hydrogens is 272 g/mol. The molecule has 2 rings (SSSR count). The van der Waals surface area contributed by atoms with E-state index in [4.69, 9.17) is 0 Å². The van der Waals surface area contributed by atoms with Crippen LogP contribution in [-0.4, -0.2) is 32.4 Å². The van der Waals surface area contributed by atoms with Crippen LogP contribution < -0.4 is 0 Å². The molecule has 0 bridgehead atoms. The lowest BCUT2D eigenvalue weighted by Crippen LogP contribution is -2.73. The van der Waals surface area contributed by atoms with Crippen molar-refractivity contribution in [2.24, 2.45) is 11.3 Å². The molecule has 0 saturated carbocycles. The van der Waals surface area contributed by atoms with E-state index in [0.717, 1.165) is 17.4 Å². The second-order valence-electron chi connectivity index (χ2n) is 6.05. The molecular formula is C12H20O4S2. The van der Waals surface area contributed by atoms with Crippen LogP contribution in [0.25, 0.3) is 0 Å². The average Bonchev–Trinajstić information content (AvgIpc) is 2.30. The molecule has 104 valence electrons. The van der Waals surface area contributed by atoms with Gasteiger partial charge in [0.15, 0.2) is 24.3 Å². The van der Waals surface area contributed by atoms with Gasteiger partial charge in [0.05, 0.1) is 4.75 Å². The normalized spacial score (nSPS) is 46.8. The van der Waals surface area contributed by atoms with Crippen LogP contribution in [0.1, 0.15) is 34.6 Å². The first-order valence-electron chi connectivity index (χ1n) is 5.94. The Hall–Kier alpha value is -0.360. The molecule has 1 saturated heterocycles. The third-order valence-corrected chi connectivity index (χ3v) is 11.7. The van der Waals surface area contributed by atoms with Crippen LogP contribution >= 0.6 is 0 Å². The molecule has 0 aromatic heterocycles.